The lowest BCUT2D eigenvalue weighted by Gasteiger charge is -2.05. The van der Waals surface area contributed by atoms with Crippen LogP contribution in [-0.4, -0.2) is 29.4 Å². The van der Waals surface area contributed by atoms with E-state index >= 15 is 0 Å². The number of anilines is 2. The van der Waals surface area contributed by atoms with Crippen molar-refractivity contribution < 1.29 is 9.53 Å². The minimum atomic E-state index is -0.652. The van der Waals surface area contributed by atoms with Crippen molar-refractivity contribution >= 4 is 41.0 Å². The van der Waals surface area contributed by atoms with Gasteiger partial charge in [-0.1, -0.05) is 29.8 Å². The van der Waals surface area contributed by atoms with Crippen LogP contribution >= 0.6 is 11.6 Å². The summed E-state index contributed by atoms with van der Waals surface area (Å²) in [4.78, 5) is 16.1. The third-order valence-corrected chi connectivity index (χ3v) is 3.75. The first-order valence-electron chi connectivity index (χ1n) is 7.65. The fraction of sp³-hybridized carbons (Fsp3) is 0.0556. The molecule has 0 saturated carbocycles. The van der Waals surface area contributed by atoms with Gasteiger partial charge in [-0.15, -0.1) is 0 Å². The van der Waals surface area contributed by atoms with Crippen LogP contribution in [0.15, 0.2) is 53.5 Å². The van der Waals surface area contributed by atoms with Crippen LogP contribution in [0.4, 0.5) is 17.3 Å². The second-order valence-electron chi connectivity index (χ2n) is 5.33. The Morgan fingerprint density at radius 2 is 2.12 bits per heavy atom. The molecular formula is C18H16ClN5O2. The molecule has 0 atom stereocenters. The van der Waals surface area contributed by atoms with E-state index < -0.39 is 5.91 Å². The second-order valence-corrected chi connectivity index (χ2v) is 5.77. The van der Waals surface area contributed by atoms with Crippen LogP contribution in [0, 0.1) is 0 Å². The zero-order valence-electron chi connectivity index (χ0n) is 13.9. The lowest BCUT2D eigenvalue weighted by molar-refractivity contribution is 0.100. The molecule has 0 fully saturated rings. The lowest BCUT2D eigenvalue weighted by Crippen LogP contribution is -2.12. The largest absolute Gasteiger partial charge is 0.497 e. The van der Waals surface area contributed by atoms with Crippen molar-refractivity contribution in [3.05, 3.63) is 64.7 Å². The molecule has 0 saturated heterocycles. The summed E-state index contributed by atoms with van der Waals surface area (Å²) in [6.07, 6.45) is 1.58. The van der Waals surface area contributed by atoms with Crippen molar-refractivity contribution in [1.29, 1.82) is 0 Å². The quantitative estimate of drug-likeness (QED) is 0.576. The van der Waals surface area contributed by atoms with Crippen molar-refractivity contribution in [3.8, 4) is 5.75 Å². The second kappa shape index (κ2) is 7.71. The molecule has 132 valence electrons. The van der Waals surface area contributed by atoms with Gasteiger partial charge in [0.1, 0.15) is 17.1 Å². The van der Waals surface area contributed by atoms with Crippen molar-refractivity contribution in [3.63, 3.8) is 0 Å². The molecule has 0 bridgehead atoms. The molecule has 0 unspecified atom stereocenters. The minimum Gasteiger partial charge on any atom is -0.497 e. The number of nitrogens with two attached hydrogens (primary N) is 1. The number of carbonyl (C=O) groups is 1. The number of aromatic amines is 1. The molecule has 0 aliphatic rings. The van der Waals surface area contributed by atoms with E-state index in [2.05, 4.69) is 20.5 Å². The Kier molecular flexibility index (Phi) is 5.19. The van der Waals surface area contributed by atoms with Gasteiger partial charge in [0.25, 0.3) is 5.91 Å². The molecule has 26 heavy (non-hydrogen) atoms. The summed E-state index contributed by atoms with van der Waals surface area (Å²) in [6, 6.07) is 14.4. The normalized spacial score (nSPS) is 10.8. The van der Waals surface area contributed by atoms with Crippen LogP contribution in [0.5, 0.6) is 5.75 Å². The number of primary amides is 1. The number of benzene rings is 2. The van der Waals surface area contributed by atoms with Gasteiger partial charge in [-0.3, -0.25) is 9.89 Å². The van der Waals surface area contributed by atoms with Gasteiger partial charge in [-0.2, -0.15) is 5.10 Å². The molecule has 3 aromatic rings. The predicted molar refractivity (Wildman–Crippen MR) is 102 cm³/mol. The maximum Gasteiger partial charge on any atom is 0.256 e. The third kappa shape index (κ3) is 4.01. The fourth-order valence-corrected chi connectivity index (χ4v) is 2.51. The molecule has 8 heteroatoms. The first-order chi connectivity index (χ1) is 12.6. The van der Waals surface area contributed by atoms with Gasteiger partial charge >= 0.3 is 0 Å². The number of hydrogen-bond acceptors (Lipinski definition) is 5. The number of carbonyl (C=O) groups excluding carboxylic acids is 1. The zero-order chi connectivity index (χ0) is 18.5. The van der Waals surface area contributed by atoms with Gasteiger partial charge in [0.15, 0.2) is 5.82 Å². The van der Waals surface area contributed by atoms with Gasteiger partial charge in [0, 0.05) is 16.9 Å². The number of ether oxygens (including phenoxy) is 1. The average Bonchev–Trinajstić information content (AvgIpc) is 3.03. The number of methoxy groups -OCH3 is 1. The van der Waals surface area contributed by atoms with Gasteiger partial charge in [0.05, 0.1) is 7.11 Å². The number of aromatic nitrogens is 2. The zero-order valence-corrected chi connectivity index (χ0v) is 14.6. The Balaban J connectivity index is 1.89. The Hall–Kier alpha value is -3.32. The lowest BCUT2D eigenvalue weighted by atomic mass is 10.2. The highest BCUT2D eigenvalue weighted by atomic mass is 35.5. The highest BCUT2D eigenvalue weighted by Gasteiger charge is 2.18. The van der Waals surface area contributed by atoms with Crippen LogP contribution in [-0.2, 0) is 0 Å². The van der Waals surface area contributed by atoms with Crippen LogP contribution in [0.1, 0.15) is 15.9 Å². The summed E-state index contributed by atoms with van der Waals surface area (Å²) in [7, 11) is 1.59. The topological polar surface area (TPSA) is 105 Å². The summed E-state index contributed by atoms with van der Waals surface area (Å²) < 4.78 is 5.17. The number of H-pyrrole nitrogens is 1. The molecule has 1 amide bonds. The minimum absolute atomic E-state index is 0.157. The smallest absolute Gasteiger partial charge is 0.256 e. The number of nitrogens with one attached hydrogen (secondary N) is 2. The summed E-state index contributed by atoms with van der Waals surface area (Å²) >= 11 is 5.97. The molecule has 7 nitrogen and oxygen atoms in total. The standard InChI is InChI=1S/C18H16ClN5O2/c1-26-14-7-2-4-11(8-14)10-21-17-15(16(20)25)18(24-23-17)22-13-6-3-5-12(19)9-13/h2-10H,1H3,(H2,20,25)(H2,22,23,24). The highest BCUT2D eigenvalue weighted by Crippen LogP contribution is 2.27. The maximum atomic E-state index is 11.9. The molecule has 2 aromatic carbocycles. The van der Waals surface area contributed by atoms with E-state index in [-0.39, 0.29) is 11.4 Å². The van der Waals surface area contributed by atoms with Crippen molar-refractivity contribution in [2.45, 2.75) is 0 Å². The molecule has 0 radical (unpaired) electrons. The summed E-state index contributed by atoms with van der Waals surface area (Å²) in [5, 5.41) is 10.4. The highest BCUT2D eigenvalue weighted by molar-refractivity contribution is 6.30. The number of amides is 1. The Bertz CT molecular complexity index is 968. The number of rotatable bonds is 6. The van der Waals surface area contributed by atoms with Crippen LogP contribution in [0.25, 0.3) is 0 Å². The summed E-state index contributed by atoms with van der Waals surface area (Å²) in [5.74, 6) is 0.581. The number of aliphatic imine (C=N–C) groups is 1. The van der Waals surface area contributed by atoms with E-state index in [1.165, 1.54) is 0 Å². The van der Waals surface area contributed by atoms with Gasteiger partial charge in [-0.05, 0) is 35.9 Å². The molecule has 3 rings (SSSR count). The van der Waals surface area contributed by atoms with E-state index in [4.69, 9.17) is 22.1 Å². The first-order valence-corrected chi connectivity index (χ1v) is 8.03. The summed E-state index contributed by atoms with van der Waals surface area (Å²) in [5.41, 5.74) is 7.14. The Morgan fingerprint density at radius 1 is 1.31 bits per heavy atom. The van der Waals surface area contributed by atoms with Gasteiger partial charge < -0.3 is 15.8 Å². The number of hydrogen-bond donors (Lipinski definition) is 3. The van der Waals surface area contributed by atoms with Crippen LogP contribution in [0.3, 0.4) is 0 Å². The van der Waals surface area contributed by atoms with Crippen LogP contribution < -0.4 is 15.8 Å². The monoisotopic (exact) mass is 369 g/mol. The van der Waals surface area contributed by atoms with Crippen LogP contribution in [0.2, 0.25) is 5.02 Å². The van der Waals surface area contributed by atoms with E-state index in [9.17, 15) is 4.79 Å². The van der Waals surface area contributed by atoms with E-state index in [0.29, 0.717) is 22.3 Å². The fourth-order valence-electron chi connectivity index (χ4n) is 2.32. The van der Waals surface area contributed by atoms with E-state index in [1.54, 1.807) is 37.6 Å². The van der Waals surface area contributed by atoms with E-state index in [1.807, 2.05) is 24.3 Å². The Morgan fingerprint density at radius 3 is 2.85 bits per heavy atom. The third-order valence-electron chi connectivity index (χ3n) is 3.52. The SMILES string of the molecule is COc1cccc(C=Nc2n[nH]c(Nc3cccc(Cl)c3)c2C(N)=O)c1. The molecular weight excluding hydrogens is 354 g/mol. The van der Waals surface area contributed by atoms with E-state index in [0.717, 1.165) is 5.56 Å². The molecule has 0 spiro atoms. The predicted octanol–water partition coefficient (Wildman–Crippen LogP) is 3.66. The number of nitrogens with zero attached hydrogens (tertiary/aromatic N) is 2. The molecule has 1 aromatic heterocycles. The molecule has 0 aliphatic heterocycles. The maximum absolute atomic E-state index is 11.9. The molecule has 4 N–H and O–H groups in total. The van der Waals surface area contributed by atoms with Crippen molar-refractivity contribution in [2.24, 2.45) is 10.7 Å². The van der Waals surface area contributed by atoms with Gasteiger partial charge in [-0.25, -0.2) is 4.99 Å². The summed E-state index contributed by atoms with van der Waals surface area (Å²) in [6.45, 7) is 0. The first kappa shape index (κ1) is 17.5. The Labute approximate surface area is 154 Å². The van der Waals surface area contributed by atoms with Gasteiger partial charge in [0.2, 0.25) is 0 Å². The van der Waals surface area contributed by atoms with Crippen molar-refractivity contribution in [1.82, 2.24) is 10.2 Å². The molecule has 1 heterocycles. The molecule has 0 aliphatic carbocycles. The van der Waals surface area contributed by atoms with Crippen molar-refractivity contribution in [2.75, 3.05) is 12.4 Å². The number of halogens is 1. The average molecular weight is 370 g/mol.